The molecule has 0 aromatic heterocycles. The Morgan fingerprint density at radius 2 is 2.08 bits per heavy atom. The molecule has 2 bridgehead atoms. The summed E-state index contributed by atoms with van der Waals surface area (Å²) in [6, 6.07) is 7.51. The number of urea groups is 1. The molecule has 1 aromatic carbocycles. The third-order valence-corrected chi connectivity index (χ3v) is 5.88. The van der Waals surface area contributed by atoms with Crippen LogP contribution < -0.4 is 5.32 Å². The summed E-state index contributed by atoms with van der Waals surface area (Å²) in [5.74, 6) is 2.39. The maximum absolute atomic E-state index is 12.9. The highest BCUT2D eigenvalue weighted by atomic mass is 35.5. The van der Waals surface area contributed by atoms with Crippen molar-refractivity contribution < 1.29 is 4.79 Å². The summed E-state index contributed by atoms with van der Waals surface area (Å²) in [5, 5.41) is 3.65. The molecule has 2 aliphatic carbocycles. The lowest BCUT2D eigenvalue weighted by molar-refractivity contribution is 0.154. The van der Waals surface area contributed by atoms with Crippen LogP contribution in [0.1, 0.15) is 33.6 Å². The first-order chi connectivity index (χ1) is 11.4. The fraction of sp³-hybridized carbons (Fsp3) is 0.550. The van der Waals surface area contributed by atoms with E-state index in [1.165, 1.54) is 12.8 Å². The molecule has 4 unspecified atom stereocenters. The van der Waals surface area contributed by atoms with Crippen molar-refractivity contribution in [2.75, 3.05) is 11.9 Å². The number of nitrogens with zero attached hydrogens (tertiary/aromatic N) is 1. The molecule has 3 nitrogen and oxygen atoms in total. The molecule has 0 saturated heterocycles. The third kappa shape index (κ3) is 3.77. The molecule has 1 fully saturated rings. The highest BCUT2D eigenvalue weighted by molar-refractivity contribution is 6.30. The molecule has 1 aromatic rings. The maximum Gasteiger partial charge on any atom is 0.322 e. The number of fused-ring (bicyclic) bond motifs is 2. The van der Waals surface area contributed by atoms with Gasteiger partial charge in [-0.25, -0.2) is 4.79 Å². The first kappa shape index (κ1) is 17.3. The predicted octanol–water partition coefficient (Wildman–Crippen LogP) is 5.43. The fourth-order valence-corrected chi connectivity index (χ4v) is 4.10. The van der Waals surface area contributed by atoms with E-state index in [9.17, 15) is 4.79 Å². The molecule has 4 atom stereocenters. The fourth-order valence-electron chi connectivity index (χ4n) is 3.91. The maximum atomic E-state index is 12.9. The van der Waals surface area contributed by atoms with Gasteiger partial charge < -0.3 is 10.2 Å². The van der Waals surface area contributed by atoms with Crippen LogP contribution in [-0.4, -0.2) is 23.5 Å². The standard InChI is InChI=1S/C20H27ClN2O/c1-13(2)14(3)23(12-17-10-15-7-8-16(17)9-15)20(24)22-19-6-4-5-18(21)11-19/h4-8,11,13-17H,9-10,12H2,1-3H3,(H,22,24). The highest BCUT2D eigenvalue weighted by Crippen LogP contribution is 2.44. The van der Waals surface area contributed by atoms with Crippen molar-refractivity contribution in [3.63, 3.8) is 0 Å². The van der Waals surface area contributed by atoms with E-state index in [1.54, 1.807) is 6.07 Å². The van der Waals surface area contributed by atoms with Gasteiger partial charge in [0, 0.05) is 23.3 Å². The number of amides is 2. The van der Waals surface area contributed by atoms with Gasteiger partial charge in [-0.05, 0) is 61.6 Å². The lowest BCUT2D eigenvalue weighted by atomic mass is 9.92. The SMILES string of the molecule is CC(C)C(C)N(CC1CC2C=CC1C2)C(=O)Nc1cccc(Cl)c1. The molecule has 0 spiro atoms. The van der Waals surface area contributed by atoms with Crippen LogP contribution in [0.5, 0.6) is 0 Å². The topological polar surface area (TPSA) is 32.3 Å². The smallest absolute Gasteiger partial charge is 0.321 e. The largest absolute Gasteiger partial charge is 0.322 e. The number of nitrogens with one attached hydrogen (secondary N) is 1. The molecule has 2 aliphatic rings. The first-order valence-electron chi connectivity index (χ1n) is 8.95. The zero-order valence-corrected chi connectivity index (χ0v) is 15.5. The van der Waals surface area contributed by atoms with Crippen LogP contribution in [0.15, 0.2) is 36.4 Å². The van der Waals surface area contributed by atoms with Crippen LogP contribution in [-0.2, 0) is 0 Å². The molecule has 1 saturated carbocycles. The number of anilines is 1. The Labute approximate surface area is 150 Å². The number of hydrogen-bond acceptors (Lipinski definition) is 1. The van der Waals surface area contributed by atoms with Gasteiger partial charge in [0.2, 0.25) is 0 Å². The zero-order valence-electron chi connectivity index (χ0n) is 14.7. The number of carbonyl (C=O) groups excluding carboxylic acids is 1. The van der Waals surface area contributed by atoms with E-state index in [0.29, 0.717) is 22.8 Å². The van der Waals surface area contributed by atoms with Gasteiger partial charge in [-0.1, -0.05) is 43.7 Å². The van der Waals surface area contributed by atoms with Gasteiger partial charge >= 0.3 is 6.03 Å². The van der Waals surface area contributed by atoms with Crippen LogP contribution in [0.2, 0.25) is 5.02 Å². The molecule has 0 radical (unpaired) electrons. The van der Waals surface area contributed by atoms with E-state index in [-0.39, 0.29) is 12.1 Å². The van der Waals surface area contributed by atoms with E-state index in [1.807, 2.05) is 23.1 Å². The summed E-state index contributed by atoms with van der Waals surface area (Å²) in [7, 11) is 0. The highest BCUT2D eigenvalue weighted by Gasteiger charge is 2.38. The second-order valence-corrected chi connectivity index (χ2v) is 8.05. The number of carbonyl (C=O) groups is 1. The predicted molar refractivity (Wildman–Crippen MR) is 100 cm³/mol. The average Bonchev–Trinajstić information content (AvgIpc) is 3.14. The van der Waals surface area contributed by atoms with Gasteiger partial charge in [0.05, 0.1) is 0 Å². The van der Waals surface area contributed by atoms with E-state index in [2.05, 4.69) is 38.2 Å². The lowest BCUT2D eigenvalue weighted by Crippen LogP contribution is -2.46. The molecule has 0 aliphatic heterocycles. The van der Waals surface area contributed by atoms with Gasteiger partial charge in [-0.3, -0.25) is 0 Å². The quantitative estimate of drug-likeness (QED) is 0.708. The van der Waals surface area contributed by atoms with Crippen LogP contribution in [0.25, 0.3) is 0 Å². The molecule has 2 amide bonds. The van der Waals surface area contributed by atoms with Crippen molar-refractivity contribution in [1.29, 1.82) is 0 Å². The molecule has 130 valence electrons. The number of rotatable bonds is 5. The Morgan fingerprint density at radius 3 is 2.67 bits per heavy atom. The lowest BCUT2D eigenvalue weighted by Gasteiger charge is -2.35. The Balaban J connectivity index is 1.71. The van der Waals surface area contributed by atoms with Gasteiger partial charge in [0.25, 0.3) is 0 Å². The molecular weight excluding hydrogens is 320 g/mol. The van der Waals surface area contributed by atoms with E-state index in [4.69, 9.17) is 11.6 Å². The molecule has 4 heteroatoms. The van der Waals surface area contributed by atoms with Gasteiger partial charge in [-0.15, -0.1) is 0 Å². The molecule has 0 heterocycles. The van der Waals surface area contributed by atoms with Crippen molar-refractivity contribution in [3.05, 3.63) is 41.4 Å². The number of benzene rings is 1. The second-order valence-electron chi connectivity index (χ2n) is 7.62. The summed E-state index contributed by atoms with van der Waals surface area (Å²) in [6.45, 7) is 7.32. The van der Waals surface area contributed by atoms with Crippen molar-refractivity contribution in [2.24, 2.45) is 23.7 Å². The van der Waals surface area contributed by atoms with Gasteiger partial charge in [-0.2, -0.15) is 0 Å². The molecular formula is C20H27ClN2O. The minimum Gasteiger partial charge on any atom is -0.321 e. The van der Waals surface area contributed by atoms with Crippen LogP contribution in [0, 0.1) is 23.7 Å². The normalized spacial score (nSPS) is 26.0. The summed E-state index contributed by atoms with van der Waals surface area (Å²) in [4.78, 5) is 14.9. The molecule has 1 N–H and O–H groups in total. The average molecular weight is 347 g/mol. The van der Waals surface area contributed by atoms with Crippen molar-refractivity contribution in [3.8, 4) is 0 Å². The number of hydrogen-bond donors (Lipinski definition) is 1. The van der Waals surface area contributed by atoms with Crippen LogP contribution in [0.3, 0.4) is 0 Å². The van der Waals surface area contributed by atoms with E-state index < -0.39 is 0 Å². The summed E-state index contributed by atoms with van der Waals surface area (Å²) < 4.78 is 0. The van der Waals surface area contributed by atoms with Crippen molar-refractivity contribution in [1.82, 2.24) is 4.90 Å². The second kappa shape index (κ2) is 7.18. The van der Waals surface area contributed by atoms with Crippen molar-refractivity contribution in [2.45, 2.75) is 39.7 Å². The van der Waals surface area contributed by atoms with E-state index >= 15 is 0 Å². The Morgan fingerprint density at radius 1 is 1.29 bits per heavy atom. The Bertz CT molecular complexity index is 628. The zero-order chi connectivity index (χ0) is 17.3. The summed E-state index contributed by atoms with van der Waals surface area (Å²) in [5.41, 5.74) is 0.751. The monoisotopic (exact) mass is 346 g/mol. The summed E-state index contributed by atoms with van der Waals surface area (Å²) in [6.07, 6.45) is 7.19. The molecule has 24 heavy (non-hydrogen) atoms. The summed E-state index contributed by atoms with van der Waals surface area (Å²) >= 11 is 6.03. The number of allylic oxidation sites excluding steroid dienone is 2. The Kier molecular flexibility index (Phi) is 5.19. The minimum absolute atomic E-state index is 0.0229. The van der Waals surface area contributed by atoms with Gasteiger partial charge in [0.1, 0.15) is 0 Å². The van der Waals surface area contributed by atoms with Crippen LogP contribution in [0.4, 0.5) is 10.5 Å². The Hall–Kier alpha value is -1.48. The molecule has 3 rings (SSSR count). The van der Waals surface area contributed by atoms with Crippen molar-refractivity contribution >= 4 is 23.3 Å². The third-order valence-electron chi connectivity index (χ3n) is 5.64. The number of halogens is 1. The van der Waals surface area contributed by atoms with E-state index in [0.717, 1.165) is 18.2 Å². The first-order valence-corrected chi connectivity index (χ1v) is 9.33. The van der Waals surface area contributed by atoms with Gasteiger partial charge in [0.15, 0.2) is 0 Å². The minimum atomic E-state index is -0.0229. The van der Waals surface area contributed by atoms with Crippen LogP contribution >= 0.6 is 11.6 Å².